The molecule has 1 saturated heterocycles. The second-order valence-electron chi connectivity index (χ2n) is 6.96. The van der Waals surface area contributed by atoms with Gasteiger partial charge in [-0.15, -0.1) is 0 Å². The zero-order valence-electron chi connectivity index (χ0n) is 14.4. The van der Waals surface area contributed by atoms with Gasteiger partial charge >= 0.3 is 0 Å². The Morgan fingerprint density at radius 2 is 1.96 bits per heavy atom. The zero-order valence-corrected chi connectivity index (χ0v) is 14.4. The van der Waals surface area contributed by atoms with E-state index >= 15 is 0 Å². The van der Waals surface area contributed by atoms with Crippen molar-refractivity contribution in [3.05, 3.63) is 42.9 Å². The molecule has 3 aromatic rings. The molecule has 0 radical (unpaired) electrons. The van der Waals surface area contributed by atoms with Gasteiger partial charge in [0.2, 0.25) is 5.91 Å². The molecule has 2 aromatic heterocycles. The summed E-state index contributed by atoms with van der Waals surface area (Å²) in [4.78, 5) is 23.7. The molecule has 0 unspecified atom stereocenters. The van der Waals surface area contributed by atoms with Crippen LogP contribution in [0.2, 0.25) is 0 Å². The van der Waals surface area contributed by atoms with Gasteiger partial charge in [-0.05, 0) is 37.8 Å². The van der Waals surface area contributed by atoms with Crippen LogP contribution in [0.3, 0.4) is 0 Å². The Labute approximate surface area is 151 Å². The third-order valence-electron chi connectivity index (χ3n) is 5.10. The van der Waals surface area contributed by atoms with Gasteiger partial charge in [0.1, 0.15) is 18.2 Å². The molecule has 0 spiro atoms. The molecule has 1 N–H and O–H groups in total. The molecular weight excluding hydrogens is 328 g/mol. The monoisotopic (exact) mass is 348 g/mol. The van der Waals surface area contributed by atoms with E-state index in [0.29, 0.717) is 6.04 Å². The minimum atomic E-state index is -0.159. The third-order valence-corrected chi connectivity index (χ3v) is 5.10. The van der Waals surface area contributed by atoms with Crippen molar-refractivity contribution in [2.24, 2.45) is 0 Å². The fourth-order valence-corrected chi connectivity index (χ4v) is 3.64. The number of nitrogens with zero attached hydrogens (tertiary/aromatic N) is 5. The number of carbonyl (C=O) groups is 1. The molecule has 7 heteroatoms. The number of hydrogen-bond acceptors (Lipinski definition) is 5. The Hall–Kier alpha value is -2.96. The molecule has 1 aliphatic heterocycles. The summed E-state index contributed by atoms with van der Waals surface area (Å²) in [7, 11) is 0. The predicted octanol–water partition coefficient (Wildman–Crippen LogP) is 2.06. The predicted molar refractivity (Wildman–Crippen MR) is 98.2 cm³/mol. The molecule has 5 rings (SSSR count). The highest BCUT2D eigenvalue weighted by Gasteiger charge is 2.35. The summed E-state index contributed by atoms with van der Waals surface area (Å²) < 4.78 is 1.82. The first-order valence-electron chi connectivity index (χ1n) is 9.12. The summed E-state index contributed by atoms with van der Waals surface area (Å²) in [5.41, 5.74) is 1.71. The van der Waals surface area contributed by atoms with Crippen molar-refractivity contribution in [1.82, 2.24) is 25.1 Å². The number of rotatable bonds is 4. The zero-order chi connectivity index (χ0) is 17.5. The Bertz CT molecular complexity index is 949. The molecule has 2 fully saturated rings. The highest BCUT2D eigenvalue weighted by atomic mass is 16.2. The van der Waals surface area contributed by atoms with Crippen molar-refractivity contribution in [1.29, 1.82) is 0 Å². The third kappa shape index (κ3) is 2.60. The second-order valence-corrected chi connectivity index (χ2v) is 6.96. The molecule has 3 heterocycles. The second kappa shape index (κ2) is 6.09. The normalized spacial score (nSPS) is 19.8. The Kier molecular flexibility index (Phi) is 3.58. The van der Waals surface area contributed by atoms with E-state index in [1.54, 1.807) is 12.5 Å². The number of fused-ring (bicyclic) bond motifs is 1. The summed E-state index contributed by atoms with van der Waals surface area (Å²) in [6, 6.07) is 10.1. The lowest BCUT2D eigenvalue weighted by atomic mass is 10.2. The summed E-state index contributed by atoms with van der Waals surface area (Å²) in [5.74, 6) is 0.915. The Morgan fingerprint density at radius 1 is 1.12 bits per heavy atom. The van der Waals surface area contributed by atoms with Gasteiger partial charge in [-0.3, -0.25) is 4.79 Å². The van der Waals surface area contributed by atoms with Crippen LogP contribution in [0.5, 0.6) is 0 Å². The van der Waals surface area contributed by atoms with Crippen LogP contribution >= 0.6 is 0 Å². The summed E-state index contributed by atoms with van der Waals surface area (Å²) in [6.45, 7) is 0.825. The van der Waals surface area contributed by atoms with Gasteiger partial charge in [0.25, 0.3) is 0 Å². The van der Waals surface area contributed by atoms with E-state index in [2.05, 4.69) is 25.3 Å². The van der Waals surface area contributed by atoms with Crippen molar-refractivity contribution in [2.45, 2.75) is 37.8 Å². The standard InChI is InChI=1S/C19H20N6O/c26-19(23-13-8-9-13)16-7-4-10-24(16)17-15-11-22-25(18(15)21-12-20-17)14-5-2-1-3-6-14/h1-3,5-6,11-13,16H,4,7-10H2,(H,23,26)/t16-/m1/s1. The number of carbonyl (C=O) groups excluding carboxylic acids is 1. The molecule has 1 aliphatic carbocycles. The summed E-state index contributed by atoms with van der Waals surface area (Å²) >= 11 is 0. The molecule has 7 nitrogen and oxygen atoms in total. The smallest absolute Gasteiger partial charge is 0.242 e. The molecule has 0 bridgehead atoms. The Morgan fingerprint density at radius 3 is 2.77 bits per heavy atom. The van der Waals surface area contributed by atoms with Gasteiger partial charge < -0.3 is 10.2 Å². The molecule has 26 heavy (non-hydrogen) atoms. The van der Waals surface area contributed by atoms with Crippen LogP contribution in [0.25, 0.3) is 16.7 Å². The largest absolute Gasteiger partial charge is 0.352 e. The van der Waals surface area contributed by atoms with E-state index in [1.165, 1.54) is 0 Å². The molecule has 132 valence electrons. The lowest BCUT2D eigenvalue weighted by molar-refractivity contribution is -0.122. The first-order valence-corrected chi connectivity index (χ1v) is 9.12. The van der Waals surface area contributed by atoms with Crippen molar-refractivity contribution in [3.8, 4) is 5.69 Å². The highest BCUT2D eigenvalue weighted by Crippen LogP contribution is 2.31. The molecule has 1 amide bonds. The number of anilines is 1. The lowest BCUT2D eigenvalue weighted by Crippen LogP contribution is -2.44. The van der Waals surface area contributed by atoms with Gasteiger partial charge in [0.05, 0.1) is 17.3 Å². The van der Waals surface area contributed by atoms with Crippen LogP contribution < -0.4 is 10.2 Å². The van der Waals surface area contributed by atoms with Gasteiger partial charge in [0.15, 0.2) is 5.65 Å². The van der Waals surface area contributed by atoms with Crippen LogP contribution in [-0.4, -0.2) is 44.3 Å². The minimum absolute atomic E-state index is 0.118. The van der Waals surface area contributed by atoms with Crippen molar-refractivity contribution in [2.75, 3.05) is 11.4 Å². The number of aromatic nitrogens is 4. The van der Waals surface area contributed by atoms with Crippen molar-refractivity contribution < 1.29 is 4.79 Å². The maximum absolute atomic E-state index is 12.6. The number of hydrogen-bond donors (Lipinski definition) is 1. The first kappa shape index (κ1) is 15.3. The highest BCUT2D eigenvalue weighted by molar-refractivity contribution is 5.92. The van der Waals surface area contributed by atoms with Crippen LogP contribution in [0.15, 0.2) is 42.9 Å². The minimum Gasteiger partial charge on any atom is -0.352 e. The summed E-state index contributed by atoms with van der Waals surface area (Å²) in [6.07, 6.45) is 7.40. The average molecular weight is 348 g/mol. The van der Waals surface area contributed by atoms with Crippen LogP contribution in [0.1, 0.15) is 25.7 Å². The fraction of sp³-hybridized carbons (Fsp3) is 0.368. The van der Waals surface area contributed by atoms with Gasteiger partial charge in [0, 0.05) is 12.6 Å². The number of para-hydroxylation sites is 1. The number of benzene rings is 1. The maximum atomic E-state index is 12.6. The van der Waals surface area contributed by atoms with E-state index < -0.39 is 0 Å². The average Bonchev–Trinajstić information content (AvgIpc) is 3.20. The van der Waals surface area contributed by atoms with E-state index in [9.17, 15) is 4.79 Å². The number of amides is 1. The van der Waals surface area contributed by atoms with E-state index in [-0.39, 0.29) is 11.9 Å². The van der Waals surface area contributed by atoms with Gasteiger partial charge in [-0.2, -0.15) is 5.10 Å². The molecule has 1 aromatic carbocycles. The Balaban J connectivity index is 1.52. The molecular formula is C19H20N6O. The lowest BCUT2D eigenvalue weighted by Gasteiger charge is -2.25. The quantitative estimate of drug-likeness (QED) is 0.781. The van der Waals surface area contributed by atoms with Crippen molar-refractivity contribution >= 4 is 22.8 Å². The van der Waals surface area contributed by atoms with E-state index in [4.69, 9.17) is 0 Å². The van der Waals surface area contributed by atoms with Crippen LogP contribution in [-0.2, 0) is 4.79 Å². The van der Waals surface area contributed by atoms with Gasteiger partial charge in [-0.25, -0.2) is 14.6 Å². The number of nitrogens with one attached hydrogen (secondary N) is 1. The molecule has 1 saturated carbocycles. The first-order chi connectivity index (χ1) is 12.8. The topological polar surface area (TPSA) is 75.9 Å². The maximum Gasteiger partial charge on any atom is 0.242 e. The summed E-state index contributed by atoms with van der Waals surface area (Å²) in [5, 5.41) is 8.52. The molecule has 1 atom stereocenters. The molecule has 2 aliphatic rings. The van der Waals surface area contributed by atoms with Crippen LogP contribution in [0, 0.1) is 0 Å². The van der Waals surface area contributed by atoms with E-state index in [1.807, 2.05) is 35.0 Å². The van der Waals surface area contributed by atoms with Gasteiger partial charge in [-0.1, -0.05) is 18.2 Å². The SMILES string of the molecule is O=C(NC1CC1)[C@H]1CCCN1c1ncnc2c1cnn2-c1ccccc1. The van der Waals surface area contributed by atoms with Crippen molar-refractivity contribution in [3.63, 3.8) is 0 Å². The van der Waals surface area contributed by atoms with E-state index in [0.717, 1.165) is 54.8 Å². The van der Waals surface area contributed by atoms with Crippen LogP contribution in [0.4, 0.5) is 5.82 Å². The fourth-order valence-electron chi connectivity index (χ4n) is 3.64.